The summed E-state index contributed by atoms with van der Waals surface area (Å²) in [6.45, 7) is 3.73. The van der Waals surface area contributed by atoms with Gasteiger partial charge in [0.2, 0.25) is 0 Å². The Kier molecular flexibility index (Phi) is 2.37. The van der Waals surface area contributed by atoms with Crippen molar-refractivity contribution >= 4 is 10.8 Å². The summed E-state index contributed by atoms with van der Waals surface area (Å²) in [5, 5.41) is 2.67. The van der Waals surface area contributed by atoms with Gasteiger partial charge in [0.05, 0.1) is 5.69 Å². The van der Waals surface area contributed by atoms with Gasteiger partial charge in [-0.25, -0.2) is 0 Å². The monoisotopic (exact) mass is 238 g/mol. The van der Waals surface area contributed by atoms with Crippen LogP contribution in [0.15, 0.2) is 36.5 Å². The lowest BCUT2D eigenvalue weighted by Gasteiger charge is -2.39. The number of benzene rings is 1. The van der Waals surface area contributed by atoms with E-state index >= 15 is 0 Å². The Balaban J connectivity index is 1.56. The molecule has 1 aromatic carbocycles. The quantitative estimate of drug-likeness (QED) is 0.817. The molecule has 0 unspecified atom stereocenters. The Morgan fingerprint density at radius 2 is 1.94 bits per heavy atom. The van der Waals surface area contributed by atoms with Crippen LogP contribution in [0, 0.1) is 5.92 Å². The van der Waals surface area contributed by atoms with E-state index < -0.39 is 0 Å². The van der Waals surface area contributed by atoms with Gasteiger partial charge in [0.15, 0.2) is 0 Å². The lowest BCUT2D eigenvalue weighted by Crippen LogP contribution is -2.46. The van der Waals surface area contributed by atoms with Crippen LogP contribution in [0.4, 0.5) is 0 Å². The predicted octanol–water partition coefficient (Wildman–Crippen LogP) is 3.04. The molecule has 0 atom stereocenters. The van der Waals surface area contributed by atoms with Crippen molar-refractivity contribution in [2.24, 2.45) is 5.92 Å². The minimum Gasteiger partial charge on any atom is -0.302 e. The average molecular weight is 238 g/mol. The van der Waals surface area contributed by atoms with E-state index in [0.717, 1.165) is 5.92 Å². The molecule has 2 heterocycles. The van der Waals surface area contributed by atoms with Crippen LogP contribution < -0.4 is 0 Å². The van der Waals surface area contributed by atoms with Gasteiger partial charge in [-0.1, -0.05) is 24.3 Å². The Morgan fingerprint density at radius 3 is 2.78 bits per heavy atom. The number of aromatic nitrogens is 1. The maximum atomic E-state index is 4.63. The third-order valence-corrected chi connectivity index (χ3v) is 4.26. The molecule has 0 N–H and O–H groups in total. The Labute approximate surface area is 108 Å². The molecule has 0 radical (unpaired) electrons. The van der Waals surface area contributed by atoms with E-state index in [0.29, 0.717) is 5.92 Å². The molecule has 0 spiro atoms. The van der Waals surface area contributed by atoms with Crippen molar-refractivity contribution in [1.29, 1.82) is 0 Å². The number of nitrogens with zero attached hydrogens (tertiary/aromatic N) is 2. The van der Waals surface area contributed by atoms with Gasteiger partial charge >= 0.3 is 0 Å². The molecular formula is C16H18N2. The lowest BCUT2D eigenvalue weighted by atomic mass is 9.92. The highest BCUT2D eigenvalue weighted by Gasteiger charge is 2.34. The average Bonchev–Trinajstić information content (AvgIpc) is 3.17. The molecule has 2 nitrogen and oxygen atoms in total. The summed E-state index contributed by atoms with van der Waals surface area (Å²) >= 11 is 0. The van der Waals surface area contributed by atoms with Crippen molar-refractivity contribution in [1.82, 2.24) is 9.88 Å². The summed E-state index contributed by atoms with van der Waals surface area (Å²) < 4.78 is 0. The van der Waals surface area contributed by atoms with Gasteiger partial charge in [0.25, 0.3) is 0 Å². The number of pyridine rings is 1. The van der Waals surface area contributed by atoms with Crippen LogP contribution in [0.1, 0.15) is 24.5 Å². The minimum atomic E-state index is 0.648. The molecule has 4 rings (SSSR count). The predicted molar refractivity (Wildman–Crippen MR) is 73.6 cm³/mol. The van der Waals surface area contributed by atoms with Crippen molar-refractivity contribution in [3.63, 3.8) is 0 Å². The first-order valence-electron chi connectivity index (χ1n) is 6.96. The normalized spacial score (nSPS) is 21.1. The second-order valence-corrected chi connectivity index (χ2v) is 5.78. The summed E-state index contributed by atoms with van der Waals surface area (Å²) in [7, 11) is 0. The SMILES string of the molecule is c1ccc2c(C3CN(CC4CC4)C3)nccc2c1. The molecular weight excluding hydrogens is 220 g/mol. The Hall–Kier alpha value is -1.41. The maximum absolute atomic E-state index is 4.63. The fraction of sp³-hybridized carbons (Fsp3) is 0.438. The molecule has 2 fully saturated rings. The first kappa shape index (κ1) is 10.5. The van der Waals surface area contributed by atoms with E-state index in [4.69, 9.17) is 0 Å². The zero-order chi connectivity index (χ0) is 11.9. The van der Waals surface area contributed by atoms with Gasteiger partial charge in [0, 0.05) is 37.1 Å². The van der Waals surface area contributed by atoms with Crippen LogP contribution in [0.5, 0.6) is 0 Å². The molecule has 18 heavy (non-hydrogen) atoms. The standard InChI is InChI=1S/C16H18N2/c1-2-4-15-13(3-1)7-8-17-16(15)14-10-18(11-14)9-12-5-6-12/h1-4,7-8,12,14H,5-6,9-11H2. The smallest absolute Gasteiger partial charge is 0.0538 e. The fourth-order valence-corrected chi connectivity index (χ4v) is 3.03. The van der Waals surface area contributed by atoms with Crippen molar-refractivity contribution in [3.8, 4) is 0 Å². The van der Waals surface area contributed by atoms with Gasteiger partial charge in [-0.2, -0.15) is 0 Å². The van der Waals surface area contributed by atoms with E-state index in [1.54, 1.807) is 0 Å². The highest BCUT2D eigenvalue weighted by Crippen LogP contribution is 2.35. The molecule has 0 bridgehead atoms. The van der Waals surface area contributed by atoms with E-state index in [1.165, 1.54) is 48.9 Å². The largest absolute Gasteiger partial charge is 0.302 e. The van der Waals surface area contributed by atoms with E-state index in [2.05, 4.69) is 40.2 Å². The summed E-state index contributed by atoms with van der Waals surface area (Å²) in [6, 6.07) is 10.7. The third-order valence-electron chi connectivity index (χ3n) is 4.26. The van der Waals surface area contributed by atoms with Gasteiger partial charge in [-0.15, -0.1) is 0 Å². The highest BCUT2D eigenvalue weighted by molar-refractivity contribution is 5.84. The van der Waals surface area contributed by atoms with E-state index in [9.17, 15) is 0 Å². The zero-order valence-corrected chi connectivity index (χ0v) is 10.5. The number of rotatable bonds is 3. The molecule has 1 saturated heterocycles. The zero-order valence-electron chi connectivity index (χ0n) is 10.5. The van der Waals surface area contributed by atoms with Crippen molar-refractivity contribution in [3.05, 3.63) is 42.2 Å². The molecule has 1 aromatic heterocycles. The van der Waals surface area contributed by atoms with Gasteiger partial charge in [-0.3, -0.25) is 4.98 Å². The Morgan fingerprint density at radius 1 is 1.11 bits per heavy atom. The summed E-state index contributed by atoms with van der Waals surface area (Å²) in [4.78, 5) is 7.22. The third kappa shape index (κ3) is 1.81. The topological polar surface area (TPSA) is 16.1 Å². The first-order valence-corrected chi connectivity index (χ1v) is 6.96. The number of likely N-dealkylation sites (tertiary alicyclic amines) is 1. The summed E-state index contributed by atoms with van der Waals surface area (Å²) in [5.41, 5.74) is 1.31. The molecule has 92 valence electrons. The molecule has 0 amide bonds. The molecule has 1 aliphatic carbocycles. The number of fused-ring (bicyclic) bond motifs is 1. The Bertz CT molecular complexity index is 563. The van der Waals surface area contributed by atoms with Crippen LogP contribution in [0.25, 0.3) is 10.8 Å². The van der Waals surface area contributed by atoms with Gasteiger partial charge in [-0.05, 0) is 30.2 Å². The van der Waals surface area contributed by atoms with Crippen molar-refractivity contribution in [2.75, 3.05) is 19.6 Å². The van der Waals surface area contributed by atoms with Crippen LogP contribution >= 0.6 is 0 Å². The van der Waals surface area contributed by atoms with Gasteiger partial charge in [0.1, 0.15) is 0 Å². The lowest BCUT2D eigenvalue weighted by molar-refractivity contribution is 0.140. The second-order valence-electron chi connectivity index (χ2n) is 5.78. The molecule has 2 heteroatoms. The molecule has 1 aliphatic heterocycles. The molecule has 2 aromatic rings. The van der Waals surface area contributed by atoms with Crippen LogP contribution in [0.2, 0.25) is 0 Å². The van der Waals surface area contributed by atoms with Crippen molar-refractivity contribution in [2.45, 2.75) is 18.8 Å². The van der Waals surface area contributed by atoms with Gasteiger partial charge < -0.3 is 4.90 Å². The minimum absolute atomic E-state index is 0.648. The molecule has 1 saturated carbocycles. The van der Waals surface area contributed by atoms with Crippen LogP contribution in [-0.4, -0.2) is 29.5 Å². The van der Waals surface area contributed by atoms with Crippen LogP contribution in [-0.2, 0) is 0 Å². The summed E-state index contributed by atoms with van der Waals surface area (Å²) in [6.07, 6.45) is 4.86. The first-order chi connectivity index (χ1) is 8.90. The number of hydrogen-bond donors (Lipinski definition) is 0. The van der Waals surface area contributed by atoms with Crippen LogP contribution in [0.3, 0.4) is 0 Å². The van der Waals surface area contributed by atoms with Crippen molar-refractivity contribution < 1.29 is 0 Å². The number of hydrogen-bond acceptors (Lipinski definition) is 2. The summed E-state index contributed by atoms with van der Waals surface area (Å²) in [5.74, 6) is 1.65. The van der Waals surface area contributed by atoms with E-state index in [-0.39, 0.29) is 0 Å². The maximum Gasteiger partial charge on any atom is 0.0538 e. The van der Waals surface area contributed by atoms with E-state index in [1.807, 2.05) is 6.20 Å². The second kappa shape index (κ2) is 4.06. The molecule has 2 aliphatic rings. The fourth-order valence-electron chi connectivity index (χ4n) is 3.03. The highest BCUT2D eigenvalue weighted by atomic mass is 15.2.